The maximum absolute atomic E-state index is 9.25. The summed E-state index contributed by atoms with van der Waals surface area (Å²) in [7, 11) is 1.75. The van der Waals surface area contributed by atoms with Crippen LogP contribution in [0.1, 0.15) is 11.5 Å². The van der Waals surface area contributed by atoms with Gasteiger partial charge in [0.2, 0.25) is 5.88 Å². The number of nitrogens with zero attached hydrogens (tertiary/aromatic N) is 2. The van der Waals surface area contributed by atoms with Crippen molar-refractivity contribution in [3.05, 3.63) is 18.1 Å². The minimum atomic E-state index is 0.174. The second-order valence-corrected chi connectivity index (χ2v) is 2.13. The first-order valence-electron chi connectivity index (χ1n) is 3.01. The fraction of sp³-hybridized carbons (Fsp3) is 0.286. The van der Waals surface area contributed by atoms with Gasteiger partial charge in [0.15, 0.2) is 0 Å². The Balaban J connectivity index is 3.30. The second-order valence-electron chi connectivity index (χ2n) is 2.13. The number of aromatic hydroxyl groups is 1. The van der Waals surface area contributed by atoms with E-state index in [9.17, 15) is 5.11 Å². The topological polar surface area (TPSA) is 38.0 Å². The van der Waals surface area contributed by atoms with Crippen molar-refractivity contribution in [2.45, 2.75) is 6.92 Å². The third-order valence-corrected chi connectivity index (χ3v) is 1.51. The first kappa shape index (κ1) is 6.86. The van der Waals surface area contributed by atoms with Gasteiger partial charge in [0.1, 0.15) is 11.5 Å². The fourth-order valence-corrected chi connectivity index (χ4v) is 0.761. The largest absolute Gasteiger partial charge is 0.493 e. The average Bonchev–Trinajstić information content (AvgIpc) is 2.17. The molecule has 1 aromatic rings. The molecule has 0 atom stereocenters. The van der Waals surface area contributed by atoms with Gasteiger partial charge >= 0.3 is 0 Å². The van der Waals surface area contributed by atoms with Crippen molar-refractivity contribution in [3.8, 4) is 5.88 Å². The Morgan fingerprint density at radius 3 is 2.50 bits per heavy atom. The molecule has 0 radical (unpaired) electrons. The van der Waals surface area contributed by atoms with Crippen LogP contribution in [0.2, 0.25) is 0 Å². The van der Waals surface area contributed by atoms with Crippen molar-refractivity contribution in [1.29, 1.82) is 0 Å². The Morgan fingerprint density at radius 2 is 2.30 bits per heavy atom. The molecule has 0 bridgehead atoms. The van der Waals surface area contributed by atoms with Crippen molar-refractivity contribution < 1.29 is 5.11 Å². The predicted molar refractivity (Wildman–Crippen MR) is 39.7 cm³/mol. The van der Waals surface area contributed by atoms with E-state index >= 15 is 0 Å². The molecule has 3 heteroatoms. The fourth-order valence-electron chi connectivity index (χ4n) is 0.761. The van der Waals surface area contributed by atoms with Crippen molar-refractivity contribution in [3.63, 3.8) is 0 Å². The Bertz CT molecular complexity index is 263. The summed E-state index contributed by atoms with van der Waals surface area (Å²) in [5.74, 6) is 0.958. The molecule has 3 nitrogen and oxygen atoms in total. The standard InChI is InChI=1S/C7H10N2O/c1-4-6-7(10)9(3)5(2)8-6/h4,10H,1H2,2-3H3. The molecule has 0 aliphatic rings. The number of imidazole rings is 1. The highest BCUT2D eigenvalue weighted by Gasteiger charge is 2.05. The van der Waals surface area contributed by atoms with E-state index < -0.39 is 0 Å². The molecule has 1 N–H and O–H groups in total. The van der Waals surface area contributed by atoms with Crippen LogP contribution in [0.5, 0.6) is 5.88 Å². The maximum Gasteiger partial charge on any atom is 0.218 e. The van der Waals surface area contributed by atoms with Gasteiger partial charge in [-0.05, 0) is 13.0 Å². The van der Waals surface area contributed by atoms with Gasteiger partial charge in [-0.2, -0.15) is 0 Å². The Morgan fingerprint density at radius 1 is 1.70 bits per heavy atom. The minimum Gasteiger partial charge on any atom is -0.493 e. The molecule has 0 aromatic carbocycles. The second kappa shape index (κ2) is 2.17. The lowest BCUT2D eigenvalue weighted by atomic mass is 10.4. The molecule has 1 rings (SSSR count). The summed E-state index contributed by atoms with van der Waals surface area (Å²) in [5, 5.41) is 9.25. The normalized spacial score (nSPS) is 9.80. The summed E-state index contributed by atoms with van der Waals surface area (Å²) in [6, 6.07) is 0. The lowest BCUT2D eigenvalue weighted by Gasteiger charge is -1.93. The molecule has 0 aliphatic carbocycles. The summed E-state index contributed by atoms with van der Waals surface area (Å²) >= 11 is 0. The van der Waals surface area contributed by atoms with Gasteiger partial charge in [0.25, 0.3) is 0 Å². The third-order valence-electron chi connectivity index (χ3n) is 1.51. The van der Waals surface area contributed by atoms with Gasteiger partial charge in [-0.3, -0.25) is 0 Å². The van der Waals surface area contributed by atoms with E-state index in [1.807, 2.05) is 6.92 Å². The van der Waals surface area contributed by atoms with Crippen molar-refractivity contribution in [2.24, 2.45) is 7.05 Å². The molecule has 0 amide bonds. The number of hydrogen-bond donors (Lipinski definition) is 1. The molecule has 0 fully saturated rings. The Kier molecular flexibility index (Phi) is 1.49. The van der Waals surface area contributed by atoms with E-state index in [1.54, 1.807) is 11.6 Å². The molecule has 0 aliphatic heterocycles. The number of hydrogen-bond acceptors (Lipinski definition) is 2. The molecule has 1 aromatic heterocycles. The van der Waals surface area contributed by atoms with Crippen LogP contribution in [0.3, 0.4) is 0 Å². The Hall–Kier alpha value is -1.25. The van der Waals surface area contributed by atoms with Gasteiger partial charge in [0.05, 0.1) is 0 Å². The highest BCUT2D eigenvalue weighted by atomic mass is 16.3. The molecule has 1 heterocycles. The molecule has 10 heavy (non-hydrogen) atoms. The van der Waals surface area contributed by atoms with Gasteiger partial charge < -0.3 is 9.67 Å². The average molecular weight is 138 g/mol. The van der Waals surface area contributed by atoms with Crippen LogP contribution >= 0.6 is 0 Å². The lowest BCUT2D eigenvalue weighted by molar-refractivity contribution is 0.429. The summed E-state index contributed by atoms with van der Waals surface area (Å²) in [6.45, 7) is 5.34. The summed E-state index contributed by atoms with van der Waals surface area (Å²) < 4.78 is 1.61. The molecule has 0 unspecified atom stereocenters. The van der Waals surface area contributed by atoms with Crippen molar-refractivity contribution in [1.82, 2.24) is 9.55 Å². The van der Waals surface area contributed by atoms with E-state index in [0.717, 1.165) is 5.82 Å². The van der Waals surface area contributed by atoms with Crippen LogP contribution in [0, 0.1) is 6.92 Å². The molecule has 0 saturated carbocycles. The van der Waals surface area contributed by atoms with E-state index in [2.05, 4.69) is 11.6 Å². The van der Waals surface area contributed by atoms with Crippen LogP contribution in [0.4, 0.5) is 0 Å². The molecular weight excluding hydrogens is 128 g/mol. The summed E-state index contributed by atoms with van der Waals surface area (Å²) in [6.07, 6.45) is 1.53. The highest BCUT2D eigenvalue weighted by Crippen LogP contribution is 2.16. The van der Waals surface area contributed by atoms with Crippen LogP contribution in [-0.4, -0.2) is 14.7 Å². The highest BCUT2D eigenvalue weighted by molar-refractivity contribution is 5.48. The summed E-state index contributed by atoms with van der Waals surface area (Å²) in [4.78, 5) is 4.02. The zero-order valence-corrected chi connectivity index (χ0v) is 6.13. The monoisotopic (exact) mass is 138 g/mol. The molecular formula is C7H10N2O. The van der Waals surface area contributed by atoms with E-state index in [0.29, 0.717) is 5.69 Å². The molecule has 54 valence electrons. The van der Waals surface area contributed by atoms with E-state index in [1.165, 1.54) is 6.08 Å². The first-order chi connectivity index (χ1) is 4.66. The smallest absolute Gasteiger partial charge is 0.218 e. The van der Waals surface area contributed by atoms with Gasteiger partial charge in [-0.15, -0.1) is 0 Å². The predicted octanol–water partition coefficient (Wildman–Crippen LogP) is 1.08. The first-order valence-corrected chi connectivity index (χ1v) is 3.01. The molecule has 0 spiro atoms. The van der Waals surface area contributed by atoms with Gasteiger partial charge in [-0.25, -0.2) is 4.98 Å². The van der Waals surface area contributed by atoms with E-state index in [4.69, 9.17) is 0 Å². The number of aryl methyl sites for hydroxylation is 1. The zero-order valence-electron chi connectivity index (χ0n) is 6.13. The number of rotatable bonds is 1. The Labute approximate surface area is 59.6 Å². The van der Waals surface area contributed by atoms with Gasteiger partial charge in [0, 0.05) is 7.05 Å². The van der Waals surface area contributed by atoms with E-state index in [-0.39, 0.29) is 5.88 Å². The van der Waals surface area contributed by atoms with Crippen LogP contribution in [-0.2, 0) is 7.05 Å². The number of aromatic nitrogens is 2. The van der Waals surface area contributed by atoms with Gasteiger partial charge in [-0.1, -0.05) is 6.58 Å². The zero-order chi connectivity index (χ0) is 7.72. The van der Waals surface area contributed by atoms with Crippen LogP contribution in [0.25, 0.3) is 6.08 Å². The van der Waals surface area contributed by atoms with Crippen LogP contribution < -0.4 is 0 Å². The SMILES string of the molecule is C=Cc1nc(C)n(C)c1O. The maximum atomic E-state index is 9.25. The quantitative estimate of drug-likeness (QED) is 0.630. The van der Waals surface area contributed by atoms with Crippen molar-refractivity contribution >= 4 is 6.08 Å². The lowest BCUT2D eigenvalue weighted by Crippen LogP contribution is -1.88. The van der Waals surface area contributed by atoms with Crippen molar-refractivity contribution in [2.75, 3.05) is 0 Å². The minimum absolute atomic E-state index is 0.174. The molecule has 0 saturated heterocycles. The summed E-state index contributed by atoms with van der Waals surface area (Å²) in [5.41, 5.74) is 0.542. The third kappa shape index (κ3) is 0.795. The van der Waals surface area contributed by atoms with Crippen LogP contribution in [0.15, 0.2) is 6.58 Å².